The van der Waals surface area contributed by atoms with Crippen molar-refractivity contribution in [2.24, 2.45) is 0 Å². The molecule has 1 unspecified atom stereocenters. The van der Waals surface area contributed by atoms with Crippen molar-refractivity contribution in [1.29, 1.82) is 0 Å². The summed E-state index contributed by atoms with van der Waals surface area (Å²) in [6, 6.07) is 10.3. The molecule has 132 valence electrons. The summed E-state index contributed by atoms with van der Waals surface area (Å²) >= 11 is 1.61. The molecule has 1 aliphatic heterocycles. The van der Waals surface area contributed by atoms with Gasteiger partial charge < -0.3 is 4.90 Å². The second kappa shape index (κ2) is 6.84. The summed E-state index contributed by atoms with van der Waals surface area (Å²) < 4.78 is 14.3. The van der Waals surface area contributed by atoms with Crippen molar-refractivity contribution < 1.29 is 9.18 Å². The van der Waals surface area contributed by atoms with Gasteiger partial charge in [0, 0.05) is 12.6 Å². The Labute approximate surface area is 153 Å². The maximum absolute atomic E-state index is 13.1. The lowest BCUT2D eigenvalue weighted by atomic mass is 10.1. The van der Waals surface area contributed by atoms with Gasteiger partial charge in [-0.05, 0) is 65.6 Å². The van der Waals surface area contributed by atoms with Gasteiger partial charge in [0.2, 0.25) is 0 Å². The van der Waals surface area contributed by atoms with Gasteiger partial charge in [0.25, 0.3) is 11.5 Å². The zero-order valence-electron chi connectivity index (χ0n) is 13.8. The summed E-state index contributed by atoms with van der Waals surface area (Å²) in [4.78, 5) is 26.9. The van der Waals surface area contributed by atoms with Gasteiger partial charge in [-0.1, -0.05) is 0 Å². The van der Waals surface area contributed by atoms with Gasteiger partial charge in [-0.3, -0.25) is 9.59 Å². The van der Waals surface area contributed by atoms with E-state index in [1.807, 2.05) is 16.3 Å². The van der Waals surface area contributed by atoms with Crippen LogP contribution in [0.15, 0.2) is 58.0 Å². The number of carbonyl (C=O) groups is 1. The summed E-state index contributed by atoms with van der Waals surface area (Å²) in [5.41, 5.74) is 1.38. The molecule has 1 amide bonds. The number of likely N-dealkylation sites (tertiary alicyclic amines) is 1. The third-order valence-electron chi connectivity index (χ3n) is 4.53. The normalized spacial score (nSPS) is 16.8. The van der Waals surface area contributed by atoms with Crippen LogP contribution in [0.3, 0.4) is 0 Å². The number of rotatable bonds is 3. The highest BCUT2D eigenvalue weighted by molar-refractivity contribution is 7.08. The van der Waals surface area contributed by atoms with E-state index in [1.165, 1.54) is 36.4 Å². The number of halogens is 1. The van der Waals surface area contributed by atoms with Crippen molar-refractivity contribution in [3.63, 3.8) is 0 Å². The molecular formula is C19H16FN3O2S. The van der Waals surface area contributed by atoms with Crippen molar-refractivity contribution in [2.45, 2.75) is 18.9 Å². The Morgan fingerprint density at radius 3 is 2.69 bits per heavy atom. The van der Waals surface area contributed by atoms with Crippen LogP contribution in [-0.2, 0) is 0 Å². The van der Waals surface area contributed by atoms with Crippen LogP contribution in [0.4, 0.5) is 4.39 Å². The van der Waals surface area contributed by atoms with Crippen molar-refractivity contribution in [3.05, 3.63) is 80.7 Å². The van der Waals surface area contributed by atoms with Gasteiger partial charge in [0.1, 0.15) is 11.5 Å². The van der Waals surface area contributed by atoms with Crippen molar-refractivity contribution in [1.82, 2.24) is 14.7 Å². The molecule has 26 heavy (non-hydrogen) atoms. The lowest BCUT2D eigenvalue weighted by Crippen LogP contribution is -2.33. The topological polar surface area (TPSA) is 55.2 Å². The third kappa shape index (κ3) is 3.06. The largest absolute Gasteiger partial charge is 0.330 e. The molecule has 1 fully saturated rings. The zero-order valence-corrected chi connectivity index (χ0v) is 14.7. The van der Waals surface area contributed by atoms with Gasteiger partial charge in [0.05, 0.1) is 11.7 Å². The van der Waals surface area contributed by atoms with Crippen molar-refractivity contribution >= 4 is 17.2 Å². The van der Waals surface area contributed by atoms with Crippen molar-refractivity contribution in [3.8, 4) is 5.69 Å². The fraction of sp³-hybridized carbons (Fsp3) is 0.211. The number of hydrogen-bond acceptors (Lipinski definition) is 4. The van der Waals surface area contributed by atoms with Gasteiger partial charge in [-0.15, -0.1) is 0 Å². The SMILES string of the molecule is O=C(c1ccc(=O)n(-c2ccc(F)cc2)n1)N1CCCC1c1ccsc1. The minimum absolute atomic E-state index is 0.0433. The van der Waals surface area contributed by atoms with Crippen LogP contribution in [0.2, 0.25) is 0 Å². The van der Waals surface area contributed by atoms with Crippen LogP contribution in [0.1, 0.15) is 34.9 Å². The first-order valence-electron chi connectivity index (χ1n) is 8.33. The van der Waals surface area contributed by atoms with E-state index in [-0.39, 0.29) is 23.2 Å². The molecule has 1 aliphatic rings. The Kier molecular flexibility index (Phi) is 4.38. The first-order chi connectivity index (χ1) is 12.6. The maximum atomic E-state index is 13.1. The highest BCUT2D eigenvalue weighted by Gasteiger charge is 2.31. The van der Waals surface area contributed by atoms with Crippen molar-refractivity contribution in [2.75, 3.05) is 6.54 Å². The Bertz CT molecular complexity index is 983. The third-order valence-corrected chi connectivity index (χ3v) is 5.23. The Balaban J connectivity index is 1.67. The van der Waals surface area contributed by atoms with Crippen LogP contribution in [0.25, 0.3) is 5.69 Å². The van der Waals surface area contributed by atoms with Crippen LogP contribution in [-0.4, -0.2) is 27.1 Å². The highest BCUT2D eigenvalue weighted by Crippen LogP contribution is 2.33. The molecule has 7 heteroatoms. The molecule has 4 rings (SSSR count). The Hall–Kier alpha value is -2.80. The lowest BCUT2D eigenvalue weighted by molar-refractivity contribution is 0.0728. The molecule has 1 atom stereocenters. The molecule has 5 nitrogen and oxygen atoms in total. The highest BCUT2D eigenvalue weighted by atomic mass is 32.1. The monoisotopic (exact) mass is 369 g/mol. The van der Waals surface area contributed by atoms with E-state index in [0.717, 1.165) is 23.1 Å². The molecular weight excluding hydrogens is 353 g/mol. The van der Waals surface area contributed by atoms with E-state index in [1.54, 1.807) is 11.3 Å². The minimum atomic E-state index is -0.398. The summed E-state index contributed by atoms with van der Waals surface area (Å²) in [7, 11) is 0. The van der Waals surface area contributed by atoms with Crippen LogP contribution < -0.4 is 5.56 Å². The molecule has 0 radical (unpaired) electrons. The number of benzene rings is 1. The molecule has 3 heterocycles. The van der Waals surface area contributed by atoms with E-state index in [4.69, 9.17) is 0 Å². The number of nitrogens with zero attached hydrogens (tertiary/aromatic N) is 3. The molecule has 1 aromatic carbocycles. The number of aromatic nitrogens is 2. The maximum Gasteiger partial charge on any atom is 0.274 e. The summed E-state index contributed by atoms with van der Waals surface area (Å²) in [5, 5.41) is 8.29. The van der Waals surface area contributed by atoms with Gasteiger partial charge in [0.15, 0.2) is 0 Å². The first kappa shape index (κ1) is 16.7. The summed E-state index contributed by atoms with van der Waals surface area (Å²) in [6.07, 6.45) is 1.85. The minimum Gasteiger partial charge on any atom is -0.330 e. The molecule has 0 N–H and O–H groups in total. The molecule has 0 saturated carbocycles. The van der Waals surface area contributed by atoms with Crippen LogP contribution in [0.5, 0.6) is 0 Å². The number of carbonyl (C=O) groups excluding carboxylic acids is 1. The molecule has 3 aromatic rings. The summed E-state index contributed by atoms with van der Waals surface area (Å²) in [5.74, 6) is -0.598. The van der Waals surface area contributed by atoms with Gasteiger partial charge >= 0.3 is 0 Å². The van der Waals surface area contributed by atoms with E-state index in [9.17, 15) is 14.0 Å². The van der Waals surface area contributed by atoms with E-state index < -0.39 is 5.82 Å². The van der Waals surface area contributed by atoms with E-state index in [2.05, 4.69) is 10.5 Å². The zero-order chi connectivity index (χ0) is 18.1. The molecule has 1 saturated heterocycles. The smallest absolute Gasteiger partial charge is 0.274 e. The molecule has 0 spiro atoms. The number of thiophene rings is 1. The molecule has 0 bridgehead atoms. The summed E-state index contributed by atoms with van der Waals surface area (Å²) in [6.45, 7) is 0.663. The lowest BCUT2D eigenvalue weighted by Gasteiger charge is -2.24. The van der Waals surface area contributed by atoms with Crippen LogP contribution in [0, 0.1) is 5.82 Å². The van der Waals surface area contributed by atoms with Crippen LogP contribution >= 0.6 is 11.3 Å². The Morgan fingerprint density at radius 1 is 1.15 bits per heavy atom. The quantitative estimate of drug-likeness (QED) is 0.711. The average Bonchev–Trinajstić information content (AvgIpc) is 3.33. The first-order valence-corrected chi connectivity index (χ1v) is 9.27. The fourth-order valence-electron chi connectivity index (χ4n) is 3.26. The average molecular weight is 369 g/mol. The van der Waals surface area contributed by atoms with Gasteiger partial charge in [-0.25, -0.2) is 4.39 Å². The predicted octanol–water partition coefficient (Wildman–Crippen LogP) is 3.41. The van der Waals surface area contributed by atoms with Gasteiger partial charge in [-0.2, -0.15) is 21.1 Å². The predicted molar refractivity (Wildman–Crippen MR) is 97.1 cm³/mol. The standard InChI is InChI=1S/C19H16FN3O2S/c20-14-3-5-15(6-4-14)23-18(24)8-7-16(21-23)19(25)22-10-1-2-17(22)13-9-11-26-12-13/h3-9,11-12,17H,1-2,10H2. The Morgan fingerprint density at radius 2 is 1.96 bits per heavy atom. The molecule has 0 aliphatic carbocycles. The number of hydrogen-bond donors (Lipinski definition) is 0. The second-order valence-electron chi connectivity index (χ2n) is 6.16. The van der Waals surface area contributed by atoms with E-state index in [0.29, 0.717) is 12.2 Å². The molecule has 2 aromatic heterocycles. The number of amides is 1. The van der Waals surface area contributed by atoms with E-state index >= 15 is 0 Å². The fourth-order valence-corrected chi connectivity index (χ4v) is 3.97. The second-order valence-corrected chi connectivity index (χ2v) is 6.94.